The van der Waals surface area contributed by atoms with Crippen molar-refractivity contribution in [2.24, 2.45) is 0 Å². The zero-order valence-corrected chi connectivity index (χ0v) is 16.6. The number of benzene rings is 2. The average molecular weight is 405 g/mol. The van der Waals surface area contributed by atoms with Gasteiger partial charge in [0.15, 0.2) is 0 Å². The van der Waals surface area contributed by atoms with Crippen LogP contribution in [0.2, 0.25) is 5.02 Å². The first-order valence-corrected chi connectivity index (χ1v) is 10.2. The lowest BCUT2D eigenvalue weighted by molar-refractivity contribution is 0.145. The van der Waals surface area contributed by atoms with E-state index in [4.69, 9.17) is 16.6 Å². The van der Waals surface area contributed by atoms with Gasteiger partial charge in [-0.1, -0.05) is 35.9 Å². The van der Waals surface area contributed by atoms with Gasteiger partial charge in [0.25, 0.3) is 0 Å². The van der Waals surface area contributed by atoms with E-state index in [-0.39, 0.29) is 6.10 Å². The van der Waals surface area contributed by atoms with Crippen LogP contribution < -0.4 is 4.90 Å². The fourth-order valence-corrected chi connectivity index (χ4v) is 3.88. The van der Waals surface area contributed by atoms with Crippen LogP contribution in [0.4, 0.5) is 5.95 Å². The number of nitrogens with zero attached hydrogens (tertiary/aromatic N) is 3. The molecule has 6 heteroatoms. The first-order valence-electron chi connectivity index (χ1n) is 9.81. The molecule has 0 atom stereocenters. The van der Waals surface area contributed by atoms with E-state index in [1.54, 1.807) is 0 Å². The Labute approximate surface area is 174 Å². The van der Waals surface area contributed by atoms with Crippen molar-refractivity contribution in [3.8, 4) is 22.4 Å². The molecule has 1 aliphatic rings. The van der Waals surface area contributed by atoms with Crippen LogP contribution in [0.15, 0.2) is 60.8 Å². The number of aliphatic hydroxyl groups is 1. The third-order valence-corrected chi connectivity index (χ3v) is 5.72. The highest BCUT2D eigenvalue weighted by atomic mass is 35.5. The Morgan fingerprint density at radius 1 is 0.931 bits per heavy atom. The maximum Gasteiger partial charge on any atom is 0.203 e. The summed E-state index contributed by atoms with van der Waals surface area (Å²) in [6.07, 6.45) is 3.26. The fraction of sp³-hybridized carbons (Fsp3) is 0.217. The summed E-state index contributed by atoms with van der Waals surface area (Å²) in [7, 11) is 0. The van der Waals surface area contributed by atoms with Gasteiger partial charge in [-0.05, 0) is 48.7 Å². The molecule has 0 unspecified atom stereocenters. The summed E-state index contributed by atoms with van der Waals surface area (Å²) < 4.78 is 0. The molecule has 146 valence electrons. The fourth-order valence-electron chi connectivity index (χ4n) is 3.76. The molecule has 0 amide bonds. The molecule has 1 fully saturated rings. The maximum atomic E-state index is 9.71. The second-order valence-electron chi connectivity index (χ2n) is 7.45. The number of piperidine rings is 1. The molecular formula is C23H21ClN4O. The van der Waals surface area contributed by atoms with Gasteiger partial charge in [0.05, 0.1) is 22.8 Å². The van der Waals surface area contributed by atoms with Crippen LogP contribution >= 0.6 is 11.6 Å². The van der Waals surface area contributed by atoms with Gasteiger partial charge in [0, 0.05) is 35.4 Å². The van der Waals surface area contributed by atoms with E-state index in [9.17, 15) is 5.11 Å². The molecule has 29 heavy (non-hydrogen) atoms. The number of nitrogens with one attached hydrogen (secondary N) is 1. The number of fused-ring (bicyclic) bond motifs is 1. The first kappa shape index (κ1) is 18.2. The van der Waals surface area contributed by atoms with Gasteiger partial charge < -0.3 is 15.0 Å². The lowest BCUT2D eigenvalue weighted by atomic mass is 10.1. The van der Waals surface area contributed by atoms with Crippen molar-refractivity contribution >= 4 is 28.6 Å². The van der Waals surface area contributed by atoms with Crippen molar-refractivity contribution in [2.45, 2.75) is 18.9 Å². The Hall–Kier alpha value is -2.89. The van der Waals surface area contributed by atoms with E-state index < -0.39 is 0 Å². The predicted octanol–water partition coefficient (Wildman–Crippen LogP) is 4.91. The Bertz CT molecular complexity index is 1130. The lowest BCUT2D eigenvalue weighted by Crippen LogP contribution is -2.36. The topological polar surface area (TPSA) is 65.0 Å². The number of imidazole rings is 1. The van der Waals surface area contributed by atoms with Gasteiger partial charge in [0.2, 0.25) is 5.95 Å². The maximum absolute atomic E-state index is 9.71. The van der Waals surface area contributed by atoms with Crippen LogP contribution in [0.3, 0.4) is 0 Å². The van der Waals surface area contributed by atoms with E-state index in [0.29, 0.717) is 0 Å². The van der Waals surface area contributed by atoms with Crippen molar-refractivity contribution in [1.29, 1.82) is 0 Å². The number of anilines is 1. The lowest BCUT2D eigenvalue weighted by Gasteiger charge is -2.29. The molecule has 0 saturated carbocycles. The summed E-state index contributed by atoms with van der Waals surface area (Å²) in [4.78, 5) is 15.0. The van der Waals surface area contributed by atoms with Crippen LogP contribution in [-0.4, -0.2) is 39.3 Å². The number of hydrogen-bond donors (Lipinski definition) is 2. The Kier molecular flexibility index (Phi) is 4.70. The Morgan fingerprint density at radius 3 is 2.38 bits per heavy atom. The number of rotatable bonds is 3. The summed E-state index contributed by atoms with van der Waals surface area (Å²) in [6, 6.07) is 18.1. The van der Waals surface area contributed by atoms with E-state index in [1.807, 2.05) is 36.5 Å². The second-order valence-corrected chi connectivity index (χ2v) is 7.89. The molecular weight excluding hydrogens is 384 g/mol. The summed E-state index contributed by atoms with van der Waals surface area (Å²) in [5.41, 5.74) is 6.02. The van der Waals surface area contributed by atoms with Crippen molar-refractivity contribution in [3.63, 3.8) is 0 Å². The van der Waals surface area contributed by atoms with Gasteiger partial charge in [-0.2, -0.15) is 0 Å². The third kappa shape index (κ3) is 3.71. The molecule has 0 bridgehead atoms. The van der Waals surface area contributed by atoms with Crippen molar-refractivity contribution in [2.75, 3.05) is 18.0 Å². The SMILES string of the molecule is OC1CCN(c2nc3cc(-c4ccc(-c5ccc(Cl)cc5)cn4)ccc3[nH]2)CC1. The van der Waals surface area contributed by atoms with E-state index in [1.165, 1.54) is 0 Å². The summed E-state index contributed by atoms with van der Waals surface area (Å²) in [5.74, 6) is 0.870. The van der Waals surface area contributed by atoms with Crippen LogP contribution in [0.25, 0.3) is 33.4 Å². The zero-order valence-electron chi connectivity index (χ0n) is 15.8. The molecule has 4 aromatic rings. The van der Waals surface area contributed by atoms with E-state index in [2.05, 4.69) is 39.1 Å². The molecule has 5 rings (SSSR count). The second kappa shape index (κ2) is 7.50. The van der Waals surface area contributed by atoms with Crippen LogP contribution in [0.1, 0.15) is 12.8 Å². The molecule has 0 aliphatic carbocycles. The highest BCUT2D eigenvalue weighted by molar-refractivity contribution is 6.30. The highest BCUT2D eigenvalue weighted by Crippen LogP contribution is 2.27. The smallest absolute Gasteiger partial charge is 0.203 e. The van der Waals surface area contributed by atoms with Crippen LogP contribution in [0.5, 0.6) is 0 Å². The molecule has 0 spiro atoms. The summed E-state index contributed by atoms with van der Waals surface area (Å²) in [5, 5.41) is 10.4. The molecule has 3 heterocycles. The predicted molar refractivity (Wildman–Crippen MR) is 117 cm³/mol. The number of pyridine rings is 1. The van der Waals surface area contributed by atoms with Gasteiger partial charge in [-0.15, -0.1) is 0 Å². The number of aromatic amines is 1. The normalized spacial score (nSPS) is 15.2. The van der Waals surface area contributed by atoms with Gasteiger partial charge in [0.1, 0.15) is 0 Å². The molecule has 0 radical (unpaired) electrons. The average Bonchev–Trinajstić information content (AvgIpc) is 3.18. The Balaban J connectivity index is 1.40. The monoisotopic (exact) mass is 404 g/mol. The molecule has 1 saturated heterocycles. The van der Waals surface area contributed by atoms with Crippen LogP contribution in [0, 0.1) is 0 Å². The number of halogens is 1. The molecule has 2 aromatic heterocycles. The van der Waals surface area contributed by atoms with Crippen molar-refractivity contribution < 1.29 is 5.11 Å². The largest absolute Gasteiger partial charge is 0.393 e. The quantitative estimate of drug-likeness (QED) is 0.509. The van der Waals surface area contributed by atoms with E-state index in [0.717, 1.165) is 70.3 Å². The molecule has 1 aliphatic heterocycles. The summed E-state index contributed by atoms with van der Waals surface area (Å²) in [6.45, 7) is 1.64. The number of aromatic nitrogens is 3. The number of H-pyrrole nitrogens is 1. The Morgan fingerprint density at radius 2 is 1.66 bits per heavy atom. The van der Waals surface area contributed by atoms with Crippen molar-refractivity contribution in [1.82, 2.24) is 15.0 Å². The number of hydrogen-bond acceptors (Lipinski definition) is 4. The van der Waals surface area contributed by atoms with Gasteiger partial charge in [-0.3, -0.25) is 4.98 Å². The molecule has 2 aromatic carbocycles. The van der Waals surface area contributed by atoms with Gasteiger partial charge >= 0.3 is 0 Å². The standard InChI is InChI=1S/C23H21ClN4O/c24-18-5-1-15(2-6-18)17-4-7-20(25-14-17)16-3-8-21-22(13-16)27-23(26-21)28-11-9-19(29)10-12-28/h1-8,13-14,19,29H,9-12H2,(H,26,27). The highest BCUT2D eigenvalue weighted by Gasteiger charge is 2.19. The minimum Gasteiger partial charge on any atom is -0.393 e. The summed E-state index contributed by atoms with van der Waals surface area (Å²) >= 11 is 5.97. The minimum absolute atomic E-state index is 0.191. The number of aliphatic hydroxyl groups excluding tert-OH is 1. The molecule has 5 nitrogen and oxygen atoms in total. The van der Waals surface area contributed by atoms with Gasteiger partial charge in [-0.25, -0.2) is 4.98 Å². The zero-order chi connectivity index (χ0) is 19.8. The molecule has 2 N–H and O–H groups in total. The van der Waals surface area contributed by atoms with Crippen LogP contribution in [-0.2, 0) is 0 Å². The van der Waals surface area contributed by atoms with E-state index >= 15 is 0 Å². The first-order chi connectivity index (χ1) is 14.2. The minimum atomic E-state index is -0.191. The van der Waals surface area contributed by atoms with Crippen molar-refractivity contribution in [3.05, 3.63) is 65.8 Å². The third-order valence-electron chi connectivity index (χ3n) is 5.47.